The van der Waals surface area contributed by atoms with Crippen LogP contribution in [-0.4, -0.2) is 11.6 Å². The first-order valence-corrected chi connectivity index (χ1v) is 7.44. The first-order valence-electron chi connectivity index (χ1n) is 7.44. The van der Waals surface area contributed by atoms with E-state index in [9.17, 15) is 0 Å². The monoisotopic (exact) mass is 259 g/mol. The maximum absolute atomic E-state index is 6.12. The SMILES string of the molecule is CC1(C)CCCC1NC1c2ccccc2OC1(C)C. The molecule has 1 aliphatic carbocycles. The molecule has 2 unspecified atom stereocenters. The standard InChI is InChI=1S/C17H25NO/c1-16(2)11-7-10-14(16)18-15-12-8-5-6-9-13(12)19-17(15,3)4/h5-6,8-9,14-15,18H,7,10-11H2,1-4H3. The van der Waals surface area contributed by atoms with E-state index in [1.165, 1.54) is 24.8 Å². The molecule has 1 saturated carbocycles. The van der Waals surface area contributed by atoms with Gasteiger partial charge in [-0.2, -0.15) is 0 Å². The third-order valence-electron chi connectivity index (χ3n) is 4.92. The van der Waals surface area contributed by atoms with Crippen molar-refractivity contribution in [3.8, 4) is 5.75 Å². The summed E-state index contributed by atoms with van der Waals surface area (Å²) in [5.41, 5.74) is 1.55. The summed E-state index contributed by atoms with van der Waals surface area (Å²) in [6, 6.07) is 9.33. The van der Waals surface area contributed by atoms with Crippen molar-refractivity contribution in [1.29, 1.82) is 0 Å². The van der Waals surface area contributed by atoms with Crippen molar-refractivity contribution in [1.82, 2.24) is 5.32 Å². The van der Waals surface area contributed by atoms with E-state index >= 15 is 0 Å². The Morgan fingerprint density at radius 1 is 1.16 bits per heavy atom. The van der Waals surface area contributed by atoms with Crippen LogP contribution in [0.4, 0.5) is 0 Å². The van der Waals surface area contributed by atoms with Gasteiger partial charge in [-0.3, -0.25) is 0 Å². The lowest BCUT2D eigenvalue weighted by atomic mass is 9.85. The van der Waals surface area contributed by atoms with Gasteiger partial charge in [0.25, 0.3) is 0 Å². The molecule has 0 aromatic heterocycles. The fourth-order valence-corrected chi connectivity index (χ4v) is 3.66. The van der Waals surface area contributed by atoms with Crippen molar-refractivity contribution >= 4 is 0 Å². The van der Waals surface area contributed by atoms with E-state index in [0.29, 0.717) is 17.5 Å². The minimum Gasteiger partial charge on any atom is -0.486 e. The van der Waals surface area contributed by atoms with Crippen LogP contribution in [-0.2, 0) is 0 Å². The number of ether oxygens (including phenoxy) is 1. The largest absolute Gasteiger partial charge is 0.486 e. The van der Waals surface area contributed by atoms with Gasteiger partial charge in [-0.25, -0.2) is 0 Å². The Balaban J connectivity index is 1.87. The Kier molecular flexibility index (Phi) is 2.90. The zero-order valence-corrected chi connectivity index (χ0v) is 12.5. The molecule has 0 radical (unpaired) electrons. The number of nitrogens with one attached hydrogen (secondary N) is 1. The summed E-state index contributed by atoms with van der Waals surface area (Å²) in [5, 5.41) is 3.89. The summed E-state index contributed by atoms with van der Waals surface area (Å²) in [5.74, 6) is 1.04. The molecule has 2 atom stereocenters. The maximum atomic E-state index is 6.12. The quantitative estimate of drug-likeness (QED) is 0.864. The number of benzene rings is 1. The lowest BCUT2D eigenvalue weighted by Crippen LogP contribution is -2.47. The molecular weight excluding hydrogens is 234 g/mol. The van der Waals surface area contributed by atoms with Crippen molar-refractivity contribution in [2.75, 3.05) is 0 Å². The van der Waals surface area contributed by atoms with Crippen LogP contribution in [0.3, 0.4) is 0 Å². The smallest absolute Gasteiger partial charge is 0.125 e. The van der Waals surface area contributed by atoms with Crippen molar-refractivity contribution in [3.05, 3.63) is 29.8 Å². The molecular formula is C17H25NO. The molecule has 0 spiro atoms. The summed E-state index contributed by atoms with van der Waals surface area (Å²) >= 11 is 0. The van der Waals surface area contributed by atoms with Crippen LogP contribution >= 0.6 is 0 Å². The number of hydrogen-bond donors (Lipinski definition) is 1. The van der Waals surface area contributed by atoms with Crippen molar-refractivity contribution in [2.24, 2.45) is 5.41 Å². The molecule has 1 N–H and O–H groups in total. The van der Waals surface area contributed by atoms with Crippen molar-refractivity contribution in [3.63, 3.8) is 0 Å². The molecule has 19 heavy (non-hydrogen) atoms. The first-order chi connectivity index (χ1) is 8.90. The second-order valence-electron chi connectivity index (χ2n) is 7.28. The van der Waals surface area contributed by atoms with E-state index in [1.807, 2.05) is 0 Å². The highest BCUT2D eigenvalue weighted by Crippen LogP contribution is 2.46. The first kappa shape index (κ1) is 13.0. The highest BCUT2D eigenvalue weighted by molar-refractivity contribution is 5.42. The summed E-state index contributed by atoms with van der Waals surface area (Å²) < 4.78 is 6.12. The molecule has 0 bridgehead atoms. The maximum Gasteiger partial charge on any atom is 0.125 e. The Labute approximate surface area is 116 Å². The average molecular weight is 259 g/mol. The molecule has 1 aromatic carbocycles. The van der Waals surface area contributed by atoms with Crippen molar-refractivity contribution in [2.45, 2.75) is 64.6 Å². The van der Waals surface area contributed by atoms with Gasteiger partial charge in [-0.05, 0) is 38.2 Å². The van der Waals surface area contributed by atoms with Gasteiger partial charge in [0, 0.05) is 11.6 Å². The fourth-order valence-electron chi connectivity index (χ4n) is 3.66. The molecule has 1 heterocycles. The minimum absolute atomic E-state index is 0.164. The molecule has 2 nitrogen and oxygen atoms in total. The van der Waals surface area contributed by atoms with Gasteiger partial charge in [-0.1, -0.05) is 38.5 Å². The normalized spacial score (nSPS) is 30.9. The van der Waals surface area contributed by atoms with Crippen LogP contribution in [0.15, 0.2) is 24.3 Å². The van der Waals surface area contributed by atoms with E-state index < -0.39 is 0 Å². The van der Waals surface area contributed by atoms with Gasteiger partial charge in [0.15, 0.2) is 0 Å². The molecule has 3 rings (SSSR count). The second kappa shape index (κ2) is 4.24. The van der Waals surface area contributed by atoms with E-state index in [-0.39, 0.29) is 5.60 Å². The highest BCUT2D eigenvalue weighted by Gasteiger charge is 2.44. The molecule has 2 heteroatoms. The number of rotatable bonds is 2. The molecule has 1 fully saturated rings. The molecule has 0 saturated heterocycles. The Hall–Kier alpha value is -1.02. The minimum atomic E-state index is -0.164. The van der Waals surface area contributed by atoms with Gasteiger partial charge >= 0.3 is 0 Å². The third kappa shape index (κ3) is 2.16. The predicted octanol–water partition coefficient (Wildman–Crippen LogP) is 4.07. The predicted molar refractivity (Wildman–Crippen MR) is 78.4 cm³/mol. The Bertz CT molecular complexity index is 478. The van der Waals surface area contributed by atoms with E-state index in [0.717, 1.165) is 5.75 Å². The van der Waals surface area contributed by atoms with Gasteiger partial charge in [0.1, 0.15) is 11.4 Å². The molecule has 2 aliphatic rings. The zero-order valence-electron chi connectivity index (χ0n) is 12.5. The number of hydrogen-bond acceptors (Lipinski definition) is 2. The molecule has 1 aliphatic heterocycles. The topological polar surface area (TPSA) is 21.3 Å². The van der Waals surface area contributed by atoms with Gasteiger partial charge in [0.2, 0.25) is 0 Å². The van der Waals surface area contributed by atoms with Crippen LogP contribution in [0, 0.1) is 5.41 Å². The Morgan fingerprint density at radius 3 is 2.58 bits per heavy atom. The van der Waals surface area contributed by atoms with Crippen LogP contribution in [0.2, 0.25) is 0 Å². The second-order valence-corrected chi connectivity index (χ2v) is 7.28. The van der Waals surface area contributed by atoms with Crippen LogP contribution < -0.4 is 10.1 Å². The summed E-state index contributed by atoms with van der Waals surface area (Å²) in [4.78, 5) is 0. The summed E-state index contributed by atoms with van der Waals surface area (Å²) in [6.45, 7) is 9.14. The van der Waals surface area contributed by atoms with Gasteiger partial charge < -0.3 is 10.1 Å². The van der Waals surface area contributed by atoms with E-state index in [2.05, 4.69) is 57.3 Å². The fraction of sp³-hybridized carbons (Fsp3) is 0.647. The third-order valence-corrected chi connectivity index (χ3v) is 4.92. The highest BCUT2D eigenvalue weighted by atomic mass is 16.5. The van der Waals surface area contributed by atoms with E-state index in [4.69, 9.17) is 4.74 Å². The number of para-hydroxylation sites is 1. The van der Waals surface area contributed by atoms with Crippen LogP contribution in [0.1, 0.15) is 58.6 Å². The lowest BCUT2D eigenvalue weighted by Gasteiger charge is -2.35. The van der Waals surface area contributed by atoms with E-state index in [1.54, 1.807) is 0 Å². The van der Waals surface area contributed by atoms with Crippen LogP contribution in [0.25, 0.3) is 0 Å². The Morgan fingerprint density at radius 2 is 1.89 bits per heavy atom. The van der Waals surface area contributed by atoms with Gasteiger partial charge in [0.05, 0.1) is 6.04 Å². The van der Waals surface area contributed by atoms with Gasteiger partial charge in [-0.15, -0.1) is 0 Å². The molecule has 104 valence electrons. The average Bonchev–Trinajstić information content (AvgIpc) is 2.78. The zero-order chi connectivity index (χ0) is 13.7. The number of fused-ring (bicyclic) bond motifs is 1. The van der Waals surface area contributed by atoms with Crippen molar-refractivity contribution < 1.29 is 4.74 Å². The molecule has 1 aromatic rings. The summed E-state index contributed by atoms with van der Waals surface area (Å²) in [7, 11) is 0. The molecule has 0 amide bonds. The summed E-state index contributed by atoms with van der Waals surface area (Å²) in [6.07, 6.45) is 3.93. The van der Waals surface area contributed by atoms with Crippen LogP contribution in [0.5, 0.6) is 5.75 Å². The lowest BCUT2D eigenvalue weighted by molar-refractivity contribution is 0.0825.